The number of amides is 1. The Hall–Kier alpha value is -1.59. The van der Waals surface area contributed by atoms with Crippen LogP contribution in [-0.2, 0) is 14.3 Å². The molecule has 0 spiro atoms. The van der Waals surface area contributed by atoms with Crippen LogP contribution < -0.4 is 4.74 Å². The Morgan fingerprint density at radius 2 is 1.82 bits per heavy atom. The standard InChI is InChI=1S/C17H25NO4/c1-13-5-6-15(14(2)11-13)22-12-16(19)18-9-7-17(20-3,21-4)8-10-18/h5-6,11H,7-10,12H2,1-4H3. The van der Waals surface area contributed by atoms with Crippen molar-refractivity contribution in [2.75, 3.05) is 33.9 Å². The van der Waals surface area contributed by atoms with Crippen molar-refractivity contribution in [2.45, 2.75) is 32.5 Å². The lowest BCUT2D eigenvalue weighted by molar-refractivity contribution is -0.228. The number of carbonyl (C=O) groups excluding carboxylic acids is 1. The molecule has 0 bridgehead atoms. The van der Waals surface area contributed by atoms with E-state index in [1.807, 2.05) is 32.0 Å². The van der Waals surface area contributed by atoms with Crippen LogP contribution in [0.4, 0.5) is 0 Å². The molecule has 2 rings (SSSR count). The van der Waals surface area contributed by atoms with Crippen molar-refractivity contribution in [3.05, 3.63) is 29.3 Å². The van der Waals surface area contributed by atoms with E-state index in [2.05, 4.69) is 0 Å². The molecule has 5 heteroatoms. The summed E-state index contributed by atoms with van der Waals surface area (Å²) in [7, 11) is 3.29. The number of rotatable bonds is 5. The van der Waals surface area contributed by atoms with Crippen LogP contribution in [0, 0.1) is 13.8 Å². The van der Waals surface area contributed by atoms with Crippen LogP contribution >= 0.6 is 0 Å². The van der Waals surface area contributed by atoms with Gasteiger partial charge >= 0.3 is 0 Å². The van der Waals surface area contributed by atoms with Gasteiger partial charge in [-0.2, -0.15) is 0 Å². The van der Waals surface area contributed by atoms with Crippen molar-refractivity contribution >= 4 is 5.91 Å². The normalized spacial score (nSPS) is 17.4. The van der Waals surface area contributed by atoms with Crippen LogP contribution in [0.1, 0.15) is 24.0 Å². The second-order valence-electron chi connectivity index (χ2n) is 5.76. The molecule has 1 aliphatic heterocycles. The molecule has 1 aliphatic rings. The maximum atomic E-state index is 12.3. The Morgan fingerprint density at radius 3 is 2.36 bits per heavy atom. The minimum atomic E-state index is -0.550. The minimum absolute atomic E-state index is 0.000723. The van der Waals surface area contributed by atoms with Gasteiger partial charge in [-0.25, -0.2) is 0 Å². The predicted molar refractivity (Wildman–Crippen MR) is 84.0 cm³/mol. The van der Waals surface area contributed by atoms with Gasteiger partial charge in [0.2, 0.25) is 0 Å². The summed E-state index contributed by atoms with van der Waals surface area (Å²) in [4.78, 5) is 14.1. The Kier molecular flexibility index (Phi) is 5.42. The summed E-state index contributed by atoms with van der Waals surface area (Å²) in [6.07, 6.45) is 1.35. The molecule has 0 aliphatic carbocycles. The van der Waals surface area contributed by atoms with Crippen molar-refractivity contribution in [3.63, 3.8) is 0 Å². The second-order valence-corrected chi connectivity index (χ2v) is 5.76. The maximum Gasteiger partial charge on any atom is 0.260 e. The van der Waals surface area contributed by atoms with Gasteiger partial charge in [-0.3, -0.25) is 4.79 Å². The number of likely N-dealkylation sites (tertiary alicyclic amines) is 1. The van der Waals surface area contributed by atoms with Crippen LogP contribution in [0.25, 0.3) is 0 Å². The first-order valence-corrected chi connectivity index (χ1v) is 7.58. The summed E-state index contributed by atoms with van der Waals surface area (Å²) in [5.74, 6) is 0.213. The molecule has 0 N–H and O–H groups in total. The van der Waals surface area contributed by atoms with Gasteiger partial charge in [0, 0.05) is 40.2 Å². The summed E-state index contributed by atoms with van der Waals surface area (Å²) in [5.41, 5.74) is 2.23. The Labute approximate surface area is 132 Å². The zero-order valence-electron chi connectivity index (χ0n) is 13.8. The molecular weight excluding hydrogens is 282 g/mol. The smallest absolute Gasteiger partial charge is 0.260 e. The molecule has 1 aromatic rings. The van der Waals surface area contributed by atoms with E-state index >= 15 is 0 Å². The van der Waals surface area contributed by atoms with Gasteiger partial charge in [-0.1, -0.05) is 17.7 Å². The Bertz CT molecular complexity index is 515. The van der Waals surface area contributed by atoms with Crippen LogP contribution in [-0.4, -0.2) is 50.5 Å². The van der Waals surface area contributed by atoms with E-state index in [0.29, 0.717) is 25.9 Å². The fraction of sp³-hybridized carbons (Fsp3) is 0.588. The number of ether oxygens (including phenoxy) is 3. The minimum Gasteiger partial charge on any atom is -0.484 e. The first kappa shape index (κ1) is 16.8. The first-order chi connectivity index (χ1) is 10.5. The van der Waals surface area contributed by atoms with Crippen molar-refractivity contribution in [1.82, 2.24) is 4.90 Å². The highest BCUT2D eigenvalue weighted by atomic mass is 16.7. The molecule has 0 unspecified atom stereocenters. The monoisotopic (exact) mass is 307 g/mol. The fourth-order valence-corrected chi connectivity index (χ4v) is 2.78. The van der Waals surface area contributed by atoms with Gasteiger partial charge in [0.25, 0.3) is 5.91 Å². The van der Waals surface area contributed by atoms with Crippen LogP contribution in [0.3, 0.4) is 0 Å². The number of aryl methyl sites for hydroxylation is 2. The number of piperidine rings is 1. The summed E-state index contributed by atoms with van der Waals surface area (Å²) in [5, 5.41) is 0. The predicted octanol–water partition coefficient (Wildman–Crippen LogP) is 2.29. The summed E-state index contributed by atoms with van der Waals surface area (Å²) in [6, 6.07) is 5.94. The zero-order chi connectivity index (χ0) is 16.2. The topological polar surface area (TPSA) is 48.0 Å². The molecule has 0 radical (unpaired) electrons. The van der Waals surface area contributed by atoms with Crippen LogP contribution in [0.5, 0.6) is 5.75 Å². The third-order valence-corrected chi connectivity index (χ3v) is 4.30. The molecule has 0 atom stereocenters. The SMILES string of the molecule is COC1(OC)CCN(C(=O)COc2ccc(C)cc2C)CC1. The number of hydrogen-bond acceptors (Lipinski definition) is 4. The van der Waals surface area contributed by atoms with Crippen molar-refractivity contribution in [3.8, 4) is 5.75 Å². The van der Waals surface area contributed by atoms with E-state index in [9.17, 15) is 4.79 Å². The molecule has 1 aromatic carbocycles. The molecule has 1 heterocycles. The van der Waals surface area contributed by atoms with E-state index in [4.69, 9.17) is 14.2 Å². The average Bonchev–Trinajstić information content (AvgIpc) is 2.54. The summed E-state index contributed by atoms with van der Waals surface area (Å²) in [6.45, 7) is 5.33. The Balaban J connectivity index is 1.86. The number of benzene rings is 1. The molecule has 5 nitrogen and oxygen atoms in total. The summed E-state index contributed by atoms with van der Waals surface area (Å²) >= 11 is 0. The molecule has 22 heavy (non-hydrogen) atoms. The van der Waals surface area contributed by atoms with Crippen LogP contribution in [0.15, 0.2) is 18.2 Å². The third kappa shape index (κ3) is 3.78. The number of methoxy groups -OCH3 is 2. The zero-order valence-corrected chi connectivity index (χ0v) is 13.8. The van der Waals surface area contributed by atoms with E-state index in [1.54, 1.807) is 19.1 Å². The fourth-order valence-electron chi connectivity index (χ4n) is 2.78. The van der Waals surface area contributed by atoms with E-state index in [-0.39, 0.29) is 12.5 Å². The first-order valence-electron chi connectivity index (χ1n) is 7.58. The molecule has 122 valence electrons. The highest BCUT2D eigenvalue weighted by molar-refractivity contribution is 5.78. The molecular formula is C17H25NO4. The van der Waals surface area contributed by atoms with E-state index in [1.165, 1.54) is 5.56 Å². The Morgan fingerprint density at radius 1 is 1.18 bits per heavy atom. The lowest BCUT2D eigenvalue weighted by Crippen LogP contribution is -2.49. The van der Waals surface area contributed by atoms with E-state index in [0.717, 1.165) is 11.3 Å². The van der Waals surface area contributed by atoms with Gasteiger partial charge in [-0.05, 0) is 25.5 Å². The van der Waals surface area contributed by atoms with Crippen molar-refractivity contribution in [1.29, 1.82) is 0 Å². The molecule has 0 aromatic heterocycles. The highest BCUT2D eigenvalue weighted by Gasteiger charge is 2.35. The van der Waals surface area contributed by atoms with Gasteiger partial charge in [0.05, 0.1) is 0 Å². The van der Waals surface area contributed by atoms with Gasteiger partial charge in [0.15, 0.2) is 12.4 Å². The quantitative estimate of drug-likeness (QED) is 0.783. The maximum absolute atomic E-state index is 12.3. The largest absolute Gasteiger partial charge is 0.484 e. The van der Waals surface area contributed by atoms with Crippen LogP contribution in [0.2, 0.25) is 0 Å². The van der Waals surface area contributed by atoms with Crippen molar-refractivity contribution in [2.24, 2.45) is 0 Å². The molecule has 1 fully saturated rings. The van der Waals surface area contributed by atoms with E-state index < -0.39 is 5.79 Å². The summed E-state index contributed by atoms with van der Waals surface area (Å²) < 4.78 is 16.5. The van der Waals surface area contributed by atoms with Gasteiger partial charge < -0.3 is 19.1 Å². The van der Waals surface area contributed by atoms with Gasteiger partial charge in [0.1, 0.15) is 5.75 Å². The number of nitrogens with zero attached hydrogens (tertiary/aromatic N) is 1. The number of hydrogen-bond donors (Lipinski definition) is 0. The average molecular weight is 307 g/mol. The highest BCUT2D eigenvalue weighted by Crippen LogP contribution is 2.26. The third-order valence-electron chi connectivity index (χ3n) is 4.30. The second kappa shape index (κ2) is 7.11. The van der Waals surface area contributed by atoms with Gasteiger partial charge in [-0.15, -0.1) is 0 Å². The van der Waals surface area contributed by atoms with Crippen molar-refractivity contribution < 1.29 is 19.0 Å². The lowest BCUT2D eigenvalue weighted by atomic mass is 10.0. The lowest BCUT2D eigenvalue weighted by Gasteiger charge is -2.39. The number of carbonyl (C=O) groups is 1. The molecule has 1 saturated heterocycles. The molecule has 1 amide bonds. The molecule has 0 saturated carbocycles.